The van der Waals surface area contributed by atoms with Crippen LogP contribution in [0.15, 0.2) is 53.7 Å². The molecule has 6 nitrogen and oxygen atoms in total. The summed E-state index contributed by atoms with van der Waals surface area (Å²) in [5, 5.41) is 11.3. The third-order valence-corrected chi connectivity index (χ3v) is 5.80. The van der Waals surface area contributed by atoms with Crippen LogP contribution in [0.3, 0.4) is 0 Å². The van der Waals surface area contributed by atoms with Gasteiger partial charge in [0.2, 0.25) is 5.91 Å². The Balaban J connectivity index is 1.88. The van der Waals surface area contributed by atoms with Crippen LogP contribution >= 0.6 is 0 Å². The van der Waals surface area contributed by atoms with Gasteiger partial charge in [0.15, 0.2) is 5.78 Å². The van der Waals surface area contributed by atoms with Gasteiger partial charge < -0.3 is 0 Å². The number of hydrogen-bond donors (Lipinski definition) is 0. The fourth-order valence-corrected chi connectivity index (χ4v) is 4.31. The monoisotopic (exact) mass is 390 g/mol. The Labute approximate surface area is 169 Å². The van der Waals surface area contributed by atoms with Crippen molar-refractivity contribution >= 4 is 23.1 Å². The van der Waals surface area contributed by atoms with Crippen LogP contribution in [0.5, 0.6) is 0 Å². The molecule has 0 fully saturated rings. The van der Waals surface area contributed by atoms with Gasteiger partial charge in [-0.15, -0.1) is 0 Å². The molecule has 148 valence electrons. The molecular formula is C23H22N2O4. The number of aryl methyl sites for hydroxylation is 2. The van der Waals surface area contributed by atoms with E-state index in [2.05, 4.69) is 0 Å². The van der Waals surface area contributed by atoms with E-state index in [1.54, 1.807) is 11.0 Å². The van der Waals surface area contributed by atoms with Crippen LogP contribution in [0, 0.1) is 24.0 Å². The van der Waals surface area contributed by atoms with E-state index in [0.29, 0.717) is 36.2 Å². The third kappa shape index (κ3) is 3.35. The maximum absolute atomic E-state index is 13.3. The molecule has 1 aliphatic heterocycles. The molecule has 0 bridgehead atoms. The lowest BCUT2D eigenvalue weighted by Crippen LogP contribution is -2.40. The molecule has 0 radical (unpaired) electrons. The van der Waals surface area contributed by atoms with Gasteiger partial charge in [-0.05, 0) is 37.8 Å². The largest absolute Gasteiger partial charge is 0.294 e. The van der Waals surface area contributed by atoms with Crippen LogP contribution < -0.4 is 4.90 Å². The molecular weight excluding hydrogens is 368 g/mol. The van der Waals surface area contributed by atoms with Crippen molar-refractivity contribution in [1.82, 2.24) is 0 Å². The summed E-state index contributed by atoms with van der Waals surface area (Å²) < 4.78 is 0. The average Bonchev–Trinajstić information content (AvgIpc) is 2.69. The molecule has 2 aromatic carbocycles. The highest BCUT2D eigenvalue weighted by Gasteiger charge is 2.40. The van der Waals surface area contributed by atoms with Crippen molar-refractivity contribution in [3.63, 3.8) is 0 Å². The van der Waals surface area contributed by atoms with Crippen molar-refractivity contribution in [1.29, 1.82) is 0 Å². The van der Waals surface area contributed by atoms with Gasteiger partial charge in [-0.2, -0.15) is 0 Å². The van der Waals surface area contributed by atoms with E-state index < -0.39 is 4.92 Å². The van der Waals surface area contributed by atoms with Crippen molar-refractivity contribution in [3.8, 4) is 0 Å². The van der Waals surface area contributed by atoms with Gasteiger partial charge in [-0.25, -0.2) is 0 Å². The summed E-state index contributed by atoms with van der Waals surface area (Å²) in [5.41, 5.74) is 4.66. The number of non-ortho nitro benzene ring substituents is 1. The lowest BCUT2D eigenvalue weighted by molar-refractivity contribution is -0.384. The number of Topliss-reactive ketones (excluding diaryl/α,β-unsaturated/α-hetero) is 1. The average molecular weight is 390 g/mol. The minimum atomic E-state index is -0.464. The molecule has 0 N–H and O–H groups in total. The number of hydrogen-bond acceptors (Lipinski definition) is 4. The highest BCUT2D eigenvalue weighted by atomic mass is 16.6. The Morgan fingerprint density at radius 2 is 1.76 bits per heavy atom. The third-order valence-electron chi connectivity index (χ3n) is 5.80. The molecule has 1 aliphatic carbocycles. The van der Waals surface area contributed by atoms with E-state index in [1.807, 2.05) is 38.1 Å². The fourth-order valence-electron chi connectivity index (χ4n) is 4.31. The normalized spacial score (nSPS) is 19.4. The maximum atomic E-state index is 13.3. The SMILES string of the molecule is Cc1ccc(C2CC(=O)N(c3cc([N+](=O)[O-])ccc3C)C3=C2C(=O)CCC3)cc1. The van der Waals surface area contributed by atoms with E-state index in [1.165, 1.54) is 12.1 Å². The van der Waals surface area contributed by atoms with Gasteiger partial charge in [0.1, 0.15) is 0 Å². The zero-order chi connectivity index (χ0) is 20.7. The minimum Gasteiger partial charge on any atom is -0.294 e. The number of allylic oxidation sites excluding steroid dienone is 2. The summed E-state index contributed by atoms with van der Waals surface area (Å²) in [6.07, 6.45) is 1.93. The Morgan fingerprint density at radius 1 is 1.03 bits per heavy atom. The summed E-state index contributed by atoms with van der Waals surface area (Å²) in [6, 6.07) is 12.5. The molecule has 0 saturated heterocycles. The number of nitro groups is 1. The van der Waals surface area contributed by atoms with Crippen LogP contribution in [0.25, 0.3) is 0 Å². The molecule has 1 amide bonds. The molecule has 0 saturated carbocycles. The lowest BCUT2D eigenvalue weighted by Gasteiger charge is -2.38. The first-order valence-corrected chi connectivity index (χ1v) is 9.77. The number of rotatable bonds is 3. The number of amides is 1. The topological polar surface area (TPSA) is 80.5 Å². The number of carbonyl (C=O) groups is 2. The second-order valence-corrected chi connectivity index (χ2v) is 7.76. The smallest absolute Gasteiger partial charge is 0.271 e. The van der Waals surface area contributed by atoms with Crippen molar-refractivity contribution < 1.29 is 14.5 Å². The first kappa shape index (κ1) is 19.1. The Kier molecular flexibility index (Phi) is 4.78. The summed E-state index contributed by atoms with van der Waals surface area (Å²) >= 11 is 0. The second kappa shape index (κ2) is 7.28. The number of benzene rings is 2. The summed E-state index contributed by atoms with van der Waals surface area (Å²) in [4.78, 5) is 38.5. The Hall–Kier alpha value is -3.28. The lowest BCUT2D eigenvalue weighted by atomic mass is 9.77. The quantitative estimate of drug-likeness (QED) is 0.560. The Bertz CT molecular complexity index is 1050. The van der Waals surface area contributed by atoms with Gasteiger partial charge in [-0.3, -0.25) is 24.6 Å². The van der Waals surface area contributed by atoms with E-state index >= 15 is 0 Å². The second-order valence-electron chi connectivity index (χ2n) is 7.76. The molecule has 29 heavy (non-hydrogen) atoms. The molecule has 2 aliphatic rings. The van der Waals surface area contributed by atoms with Gasteiger partial charge in [0.25, 0.3) is 5.69 Å². The Morgan fingerprint density at radius 3 is 2.45 bits per heavy atom. The standard InChI is InChI=1S/C23H22N2O4/c1-14-6-9-16(10-7-14)18-13-22(27)24(19-4-3-5-21(26)23(18)19)20-12-17(25(28)29)11-8-15(20)2/h6-12,18H,3-5,13H2,1-2H3. The number of nitrogens with zero attached hydrogens (tertiary/aromatic N) is 2. The molecule has 0 aromatic heterocycles. The highest BCUT2D eigenvalue weighted by Crippen LogP contribution is 2.44. The van der Waals surface area contributed by atoms with E-state index in [0.717, 1.165) is 16.7 Å². The van der Waals surface area contributed by atoms with Crippen LogP contribution in [-0.4, -0.2) is 16.6 Å². The molecule has 0 spiro atoms. The van der Waals surface area contributed by atoms with Crippen molar-refractivity contribution in [3.05, 3.63) is 80.5 Å². The van der Waals surface area contributed by atoms with Gasteiger partial charge in [0, 0.05) is 42.2 Å². The van der Waals surface area contributed by atoms with Gasteiger partial charge >= 0.3 is 0 Å². The van der Waals surface area contributed by atoms with E-state index in [9.17, 15) is 19.7 Å². The number of anilines is 1. The molecule has 6 heteroatoms. The summed E-state index contributed by atoms with van der Waals surface area (Å²) in [6.45, 7) is 3.82. The van der Waals surface area contributed by atoms with Crippen molar-refractivity contribution in [2.45, 2.75) is 45.4 Å². The fraction of sp³-hybridized carbons (Fsp3) is 0.304. The number of carbonyl (C=O) groups excluding carboxylic acids is 2. The van der Waals surface area contributed by atoms with Gasteiger partial charge in [-0.1, -0.05) is 35.9 Å². The highest BCUT2D eigenvalue weighted by molar-refractivity contribution is 6.07. The first-order valence-electron chi connectivity index (χ1n) is 9.77. The van der Waals surface area contributed by atoms with Crippen LogP contribution in [0.4, 0.5) is 11.4 Å². The predicted molar refractivity (Wildman–Crippen MR) is 110 cm³/mol. The van der Waals surface area contributed by atoms with Gasteiger partial charge in [0.05, 0.1) is 10.6 Å². The predicted octanol–water partition coefficient (Wildman–Crippen LogP) is 4.74. The number of nitro benzene ring substituents is 1. The molecule has 1 heterocycles. The maximum Gasteiger partial charge on any atom is 0.271 e. The minimum absolute atomic E-state index is 0.0663. The van der Waals surface area contributed by atoms with Crippen molar-refractivity contribution in [2.24, 2.45) is 0 Å². The van der Waals surface area contributed by atoms with Crippen LogP contribution in [-0.2, 0) is 9.59 Å². The van der Waals surface area contributed by atoms with E-state index in [-0.39, 0.29) is 29.7 Å². The summed E-state index contributed by atoms with van der Waals surface area (Å²) in [7, 11) is 0. The zero-order valence-corrected chi connectivity index (χ0v) is 16.5. The summed E-state index contributed by atoms with van der Waals surface area (Å²) in [5.74, 6) is -0.328. The molecule has 1 unspecified atom stereocenters. The van der Waals surface area contributed by atoms with Crippen molar-refractivity contribution in [2.75, 3.05) is 4.90 Å². The zero-order valence-electron chi connectivity index (χ0n) is 16.5. The molecule has 2 aromatic rings. The van der Waals surface area contributed by atoms with Crippen LogP contribution in [0.1, 0.15) is 48.3 Å². The molecule has 4 rings (SSSR count). The van der Waals surface area contributed by atoms with E-state index in [4.69, 9.17) is 0 Å². The number of ketones is 1. The van der Waals surface area contributed by atoms with Crippen LogP contribution in [0.2, 0.25) is 0 Å². The molecule has 1 atom stereocenters. The first-order chi connectivity index (χ1) is 13.9.